The molecule has 0 bridgehead atoms. The van der Waals surface area contributed by atoms with E-state index in [0.717, 1.165) is 12.8 Å². The van der Waals surface area contributed by atoms with Crippen molar-refractivity contribution in [3.05, 3.63) is 47.7 Å². The fourth-order valence-corrected chi connectivity index (χ4v) is 3.03. The summed E-state index contributed by atoms with van der Waals surface area (Å²) in [4.78, 5) is 26.9. The van der Waals surface area contributed by atoms with Crippen LogP contribution in [-0.4, -0.2) is 22.9 Å². The van der Waals surface area contributed by atoms with Crippen LogP contribution in [0.4, 0.5) is 0 Å². The Morgan fingerprint density at radius 1 is 1.15 bits per heavy atom. The first-order valence-corrected chi connectivity index (χ1v) is 9.93. The van der Waals surface area contributed by atoms with E-state index in [1.807, 2.05) is 32.0 Å². The minimum absolute atomic E-state index is 0.0888. The summed E-state index contributed by atoms with van der Waals surface area (Å²) in [6, 6.07) is 9.12. The molecule has 0 aliphatic carbocycles. The fraction of sp³-hybridized carbons (Fsp3) is 0.478. The van der Waals surface area contributed by atoms with Crippen molar-refractivity contribution in [3.63, 3.8) is 0 Å². The molecule has 4 nitrogen and oxygen atoms in total. The van der Waals surface area contributed by atoms with Gasteiger partial charge in [-0.1, -0.05) is 76.5 Å². The van der Waals surface area contributed by atoms with Crippen LogP contribution in [0.25, 0.3) is 0 Å². The molecule has 0 saturated heterocycles. The van der Waals surface area contributed by atoms with Crippen LogP contribution in [0.15, 0.2) is 42.1 Å². The number of unbranched alkanes of at least 4 members (excludes halogenated alkanes) is 5. The van der Waals surface area contributed by atoms with E-state index in [1.54, 1.807) is 23.2 Å². The van der Waals surface area contributed by atoms with Crippen LogP contribution in [0.5, 0.6) is 0 Å². The Morgan fingerprint density at radius 2 is 1.85 bits per heavy atom. The zero-order chi connectivity index (χ0) is 19.6. The van der Waals surface area contributed by atoms with Crippen molar-refractivity contribution in [2.45, 2.75) is 65.5 Å². The van der Waals surface area contributed by atoms with Crippen LogP contribution in [-0.2, 0) is 4.79 Å². The molecule has 1 aliphatic rings. The summed E-state index contributed by atoms with van der Waals surface area (Å²) >= 11 is 0. The van der Waals surface area contributed by atoms with Gasteiger partial charge >= 0.3 is 0 Å². The normalized spacial score (nSPS) is 16.4. The second-order valence-electron chi connectivity index (χ2n) is 7.25. The molecule has 27 heavy (non-hydrogen) atoms. The van der Waals surface area contributed by atoms with E-state index in [4.69, 9.17) is 0 Å². The highest BCUT2D eigenvalue weighted by Crippen LogP contribution is 2.19. The zero-order valence-electron chi connectivity index (χ0n) is 16.6. The Hall–Kier alpha value is -2.54. The number of carbonyl (C=O) groups excluding carboxylic acids is 2. The second kappa shape index (κ2) is 10.6. The quantitative estimate of drug-likeness (QED) is 0.571. The van der Waals surface area contributed by atoms with E-state index in [1.165, 1.54) is 25.7 Å². The molecule has 1 N–H and O–H groups in total. The third-order valence-electron chi connectivity index (χ3n) is 4.61. The number of nitrogens with one attached hydrogen (secondary N) is 1. The molecular formula is C23H30N2O2. The number of rotatable bonds is 7. The van der Waals surface area contributed by atoms with Gasteiger partial charge in [0.25, 0.3) is 11.8 Å². The van der Waals surface area contributed by atoms with Gasteiger partial charge in [0.05, 0.1) is 0 Å². The van der Waals surface area contributed by atoms with E-state index in [0.29, 0.717) is 11.1 Å². The summed E-state index contributed by atoms with van der Waals surface area (Å²) in [5, 5.41) is 2.93. The van der Waals surface area contributed by atoms with Gasteiger partial charge in [-0.05, 0) is 24.5 Å². The van der Waals surface area contributed by atoms with Crippen molar-refractivity contribution < 1.29 is 9.59 Å². The average Bonchev–Trinajstić information content (AvgIpc) is 2.68. The van der Waals surface area contributed by atoms with Gasteiger partial charge in [-0.25, -0.2) is 0 Å². The molecule has 1 heterocycles. The van der Waals surface area contributed by atoms with Gasteiger partial charge in [-0.15, -0.1) is 0 Å². The Labute approximate surface area is 163 Å². The number of hydrogen-bond acceptors (Lipinski definition) is 2. The lowest BCUT2D eigenvalue weighted by atomic mass is 10.0. The van der Waals surface area contributed by atoms with Crippen molar-refractivity contribution in [2.75, 3.05) is 0 Å². The third-order valence-corrected chi connectivity index (χ3v) is 4.61. The van der Waals surface area contributed by atoms with E-state index < -0.39 is 0 Å². The van der Waals surface area contributed by atoms with Gasteiger partial charge in [-0.3, -0.25) is 14.5 Å². The first kappa shape index (κ1) is 20.8. The summed E-state index contributed by atoms with van der Waals surface area (Å²) in [5.41, 5.74) is 0.948. The lowest BCUT2D eigenvalue weighted by Gasteiger charge is -2.35. The summed E-state index contributed by atoms with van der Waals surface area (Å²) in [7, 11) is 0. The maximum Gasteiger partial charge on any atom is 0.262 e. The SMILES string of the molecule is CCCCCCCC#CC1=CN(C(=O)c2ccccc2)[C@@H](C(C)C)NC1=O. The maximum absolute atomic E-state index is 12.9. The van der Waals surface area contributed by atoms with Gasteiger partial charge in [0, 0.05) is 18.2 Å². The molecule has 144 valence electrons. The Balaban J connectivity index is 2.12. The Bertz CT molecular complexity index is 726. The molecule has 1 atom stereocenters. The molecule has 1 aliphatic heterocycles. The number of amides is 2. The summed E-state index contributed by atoms with van der Waals surface area (Å²) in [6.07, 6.45) is 7.94. The highest BCUT2D eigenvalue weighted by atomic mass is 16.2. The number of benzene rings is 1. The maximum atomic E-state index is 12.9. The molecule has 4 heteroatoms. The van der Waals surface area contributed by atoms with Crippen molar-refractivity contribution in [1.29, 1.82) is 0 Å². The lowest BCUT2D eigenvalue weighted by molar-refractivity contribution is -0.119. The molecule has 2 amide bonds. The first-order chi connectivity index (χ1) is 13.0. The highest BCUT2D eigenvalue weighted by Gasteiger charge is 2.32. The van der Waals surface area contributed by atoms with Crippen molar-refractivity contribution in [1.82, 2.24) is 10.2 Å². The molecule has 0 radical (unpaired) electrons. The molecule has 0 aromatic heterocycles. The fourth-order valence-electron chi connectivity index (χ4n) is 3.03. The van der Waals surface area contributed by atoms with Crippen molar-refractivity contribution in [2.24, 2.45) is 5.92 Å². The predicted octanol–water partition coefficient (Wildman–Crippen LogP) is 4.49. The zero-order valence-corrected chi connectivity index (χ0v) is 16.6. The van der Waals surface area contributed by atoms with Crippen LogP contribution in [0.2, 0.25) is 0 Å². The average molecular weight is 367 g/mol. The van der Waals surface area contributed by atoms with Crippen LogP contribution >= 0.6 is 0 Å². The topological polar surface area (TPSA) is 49.4 Å². The molecule has 1 aromatic carbocycles. The minimum Gasteiger partial charge on any atom is -0.331 e. The molecule has 0 fully saturated rings. The molecule has 0 saturated carbocycles. The number of carbonyl (C=O) groups is 2. The standard InChI is InChI=1S/C23H30N2O2/c1-4-5-6-7-8-9-11-16-20-17-25(21(18(2)3)24-22(20)26)23(27)19-14-12-10-13-15-19/h10,12-15,17-18,21H,4-9H2,1-3H3,(H,24,26)/t21-/m0/s1. The molecule has 0 spiro atoms. The smallest absolute Gasteiger partial charge is 0.262 e. The van der Waals surface area contributed by atoms with E-state index in [-0.39, 0.29) is 23.9 Å². The van der Waals surface area contributed by atoms with E-state index >= 15 is 0 Å². The van der Waals surface area contributed by atoms with Crippen LogP contribution in [0, 0.1) is 17.8 Å². The number of hydrogen-bond donors (Lipinski definition) is 1. The Kier molecular flexibility index (Phi) is 8.13. The van der Waals surface area contributed by atoms with Crippen LogP contribution in [0.3, 0.4) is 0 Å². The van der Waals surface area contributed by atoms with Crippen LogP contribution in [0.1, 0.15) is 69.7 Å². The monoisotopic (exact) mass is 366 g/mol. The van der Waals surface area contributed by atoms with Crippen molar-refractivity contribution >= 4 is 11.8 Å². The van der Waals surface area contributed by atoms with E-state index in [2.05, 4.69) is 24.1 Å². The third kappa shape index (κ3) is 5.99. The molecule has 2 rings (SSSR count). The van der Waals surface area contributed by atoms with Gasteiger partial charge < -0.3 is 5.32 Å². The van der Waals surface area contributed by atoms with Crippen LogP contribution < -0.4 is 5.32 Å². The minimum atomic E-state index is -0.371. The molecular weight excluding hydrogens is 336 g/mol. The highest BCUT2D eigenvalue weighted by molar-refractivity contribution is 6.02. The predicted molar refractivity (Wildman–Crippen MR) is 109 cm³/mol. The van der Waals surface area contributed by atoms with Gasteiger partial charge in [0.15, 0.2) is 0 Å². The summed E-state index contributed by atoms with van der Waals surface area (Å²) in [6.45, 7) is 6.16. The van der Waals surface area contributed by atoms with Crippen molar-refractivity contribution in [3.8, 4) is 11.8 Å². The van der Waals surface area contributed by atoms with Gasteiger partial charge in [0.1, 0.15) is 11.7 Å². The molecule has 1 aromatic rings. The first-order valence-electron chi connectivity index (χ1n) is 9.93. The lowest BCUT2D eigenvalue weighted by Crippen LogP contribution is -2.54. The van der Waals surface area contributed by atoms with E-state index in [9.17, 15) is 9.59 Å². The number of nitrogens with zero attached hydrogens (tertiary/aromatic N) is 1. The van der Waals surface area contributed by atoms with Gasteiger partial charge in [-0.2, -0.15) is 0 Å². The molecule has 0 unspecified atom stereocenters. The summed E-state index contributed by atoms with van der Waals surface area (Å²) in [5.74, 6) is 5.81. The Morgan fingerprint density at radius 3 is 2.52 bits per heavy atom. The van der Waals surface area contributed by atoms with Gasteiger partial charge in [0.2, 0.25) is 0 Å². The summed E-state index contributed by atoms with van der Waals surface area (Å²) < 4.78 is 0. The largest absolute Gasteiger partial charge is 0.331 e. The second-order valence-corrected chi connectivity index (χ2v) is 7.25.